The maximum absolute atomic E-state index is 13.8. The van der Waals surface area contributed by atoms with Gasteiger partial charge in [0.1, 0.15) is 12.1 Å². The predicted molar refractivity (Wildman–Crippen MR) is 146 cm³/mol. The van der Waals surface area contributed by atoms with E-state index in [2.05, 4.69) is 21.3 Å². The molecule has 5 amide bonds. The van der Waals surface area contributed by atoms with Crippen LogP contribution in [0.4, 0.5) is 0 Å². The Hall–Kier alpha value is -2.98. The average molecular weight is 560 g/mol. The Morgan fingerprint density at radius 1 is 1.05 bits per heavy atom. The molecule has 0 aromatic heterocycles. The lowest BCUT2D eigenvalue weighted by Crippen LogP contribution is -2.61. The Kier molecular flexibility index (Phi) is 8.61. The Morgan fingerprint density at radius 3 is 2.23 bits per heavy atom. The van der Waals surface area contributed by atoms with E-state index in [1.807, 2.05) is 0 Å². The first-order chi connectivity index (χ1) is 18.7. The smallest absolute Gasteiger partial charge is 0.289 e. The number of nitrogens with one attached hydrogen (secondary N) is 4. The van der Waals surface area contributed by atoms with Crippen LogP contribution in [-0.2, 0) is 28.8 Å². The summed E-state index contributed by atoms with van der Waals surface area (Å²) in [6, 6.07) is -2.95. The summed E-state index contributed by atoms with van der Waals surface area (Å²) in [6.07, 6.45) is 6.40. The highest BCUT2D eigenvalue weighted by atomic mass is 16.2. The van der Waals surface area contributed by atoms with Crippen LogP contribution in [0.3, 0.4) is 0 Å². The van der Waals surface area contributed by atoms with Crippen LogP contribution < -0.4 is 21.3 Å². The van der Waals surface area contributed by atoms with Crippen LogP contribution in [0.2, 0.25) is 0 Å². The lowest BCUT2D eigenvalue weighted by Gasteiger charge is -2.63. The largest absolute Gasteiger partial charge is 0.356 e. The predicted octanol–water partition coefficient (Wildman–Crippen LogP) is 0.803. The second kappa shape index (κ2) is 11.5. The van der Waals surface area contributed by atoms with E-state index in [4.69, 9.17) is 0 Å². The summed E-state index contributed by atoms with van der Waals surface area (Å²) in [5.41, 5.74) is -0.693. The molecule has 0 spiro atoms. The molecule has 1 heterocycles. The first kappa shape index (κ1) is 30.0. The Bertz CT molecular complexity index is 1050. The maximum atomic E-state index is 13.8. The zero-order valence-electron chi connectivity index (χ0n) is 24.4. The molecule has 4 saturated carbocycles. The summed E-state index contributed by atoms with van der Waals surface area (Å²) in [5, 5.41) is 11.0. The standard InChI is InChI=1S/C29H45N5O6/c1-16(31-27(40)28(2,3)4)26(39)34(5)21(15-29-12-17(13-29)14-29)24(37)33-20(11-18-7-6-10-30-23(18)36)22(35)25(38)32-19-8-9-19/h16-21H,6-15H2,1-5H3,(H,30,36)(H,31,40)(H,32,38)(H,33,37)/t16-,17?,18+,20+,21+,29?/m1/s1. The molecule has 4 atom stereocenters. The van der Waals surface area contributed by atoms with Crippen molar-refractivity contribution in [2.75, 3.05) is 13.6 Å². The van der Waals surface area contributed by atoms with Crippen LogP contribution in [-0.4, -0.2) is 78.0 Å². The van der Waals surface area contributed by atoms with Crippen molar-refractivity contribution >= 4 is 35.3 Å². The number of carbonyl (C=O) groups is 6. The summed E-state index contributed by atoms with van der Waals surface area (Å²) in [6.45, 7) is 7.42. The van der Waals surface area contributed by atoms with Gasteiger partial charge in [-0.2, -0.15) is 0 Å². The molecule has 0 aromatic carbocycles. The van der Waals surface area contributed by atoms with Gasteiger partial charge >= 0.3 is 0 Å². The Morgan fingerprint density at radius 2 is 1.70 bits per heavy atom. The molecule has 5 fully saturated rings. The molecule has 0 unspecified atom stereocenters. The monoisotopic (exact) mass is 559 g/mol. The molecule has 4 N–H and O–H groups in total. The van der Waals surface area contributed by atoms with Crippen LogP contribution >= 0.6 is 0 Å². The van der Waals surface area contributed by atoms with Crippen molar-refractivity contribution in [3.63, 3.8) is 0 Å². The molecule has 1 aliphatic heterocycles. The molecule has 11 nitrogen and oxygen atoms in total. The zero-order valence-corrected chi connectivity index (χ0v) is 24.4. The van der Waals surface area contributed by atoms with E-state index < -0.39 is 53.0 Å². The van der Waals surface area contributed by atoms with E-state index >= 15 is 0 Å². The van der Waals surface area contributed by atoms with E-state index in [0.29, 0.717) is 25.3 Å². The van der Waals surface area contributed by atoms with Crippen molar-refractivity contribution in [1.29, 1.82) is 0 Å². The lowest BCUT2D eigenvalue weighted by molar-refractivity contribution is -0.154. The fourth-order valence-electron chi connectivity index (χ4n) is 6.14. The Balaban J connectivity index is 1.50. The molecule has 0 aromatic rings. The number of ketones is 1. The molecule has 4 aliphatic carbocycles. The number of nitrogens with zero attached hydrogens (tertiary/aromatic N) is 1. The number of hydrogen-bond donors (Lipinski definition) is 4. The van der Waals surface area contributed by atoms with Crippen molar-refractivity contribution in [3.8, 4) is 0 Å². The molecule has 222 valence electrons. The highest BCUT2D eigenvalue weighted by Crippen LogP contribution is 2.66. The number of hydrogen-bond acceptors (Lipinski definition) is 6. The Labute approximate surface area is 236 Å². The molecule has 40 heavy (non-hydrogen) atoms. The highest BCUT2D eigenvalue weighted by Gasteiger charge is 2.58. The molecule has 5 aliphatic rings. The summed E-state index contributed by atoms with van der Waals surface area (Å²) in [5.74, 6) is -2.78. The van der Waals surface area contributed by atoms with Gasteiger partial charge in [-0.15, -0.1) is 0 Å². The van der Waals surface area contributed by atoms with Gasteiger partial charge in [0.15, 0.2) is 0 Å². The van der Waals surface area contributed by atoms with Crippen LogP contribution in [0.25, 0.3) is 0 Å². The van der Waals surface area contributed by atoms with Gasteiger partial charge in [-0.25, -0.2) is 0 Å². The van der Waals surface area contributed by atoms with Crippen LogP contribution in [0.5, 0.6) is 0 Å². The van der Waals surface area contributed by atoms with Crippen LogP contribution in [0.1, 0.15) is 85.5 Å². The highest BCUT2D eigenvalue weighted by molar-refractivity contribution is 6.38. The fraction of sp³-hybridized carbons (Fsp3) is 0.793. The SMILES string of the molecule is C[C@@H](NC(=O)C(C)(C)C)C(=O)N(C)[C@@H](CC12CC(C1)C2)C(=O)N[C@@H](C[C@@H]1CCCNC1=O)C(=O)C(=O)NC1CC1. The third-order valence-electron chi connectivity index (χ3n) is 9.00. The minimum Gasteiger partial charge on any atom is -0.356 e. The van der Waals surface area contributed by atoms with Gasteiger partial charge < -0.3 is 26.2 Å². The number of piperidine rings is 1. The molecule has 0 radical (unpaired) electrons. The molecular formula is C29H45N5O6. The summed E-state index contributed by atoms with van der Waals surface area (Å²) >= 11 is 0. The van der Waals surface area contributed by atoms with Gasteiger partial charge in [0.25, 0.3) is 5.91 Å². The topological polar surface area (TPSA) is 154 Å². The normalized spacial score (nSPS) is 27.5. The summed E-state index contributed by atoms with van der Waals surface area (Å²) in [7, 11) is 1.54. The number of amides is 5. The number of carbonyl (C=O) groups excluding carboxylic acids is 6. The molecule has 2 bridgehead atoms. The van der Waals surface area contributed by atoms with Gasteiger partial charge in [0.05, 0.1) is 6.04 Å². The zero-order chi connectivity index (χ0) is 29.4. The van der Waals surface area contributed by atoms with Gasteiger partial charge in [0, 0.05) is 31.0 Å². The van der Waals surface area contributed by atoms with Gasteiger partial charge in [-0.1, -0.05) is 20.8 Å². The first-order valence-electron chi connectivity index (χ1n) is 14.7. The minimum atomic E-state index is -1.18. The van der Waals surface area contributed by atoms with Gasteiger partial charge in [0.2, 0.25) is 29.4 Å². The van der Waals surface area contributed by atoms with E-state index in [9.17, 15) is 28.8 Å². The van der Waals surface area contributed by atoms with Crippen molar-refractivity contribution in [2.45, 2.75) is 110 Å². The average Bonchev–Trinajstić information content (AvgIpc) is 3.65. The van der Waals surface area contributed by atoms with E-state index in [1.54, 1.807) is 34.7 Å². The third kappa shape index (κ3) is 6.83. The number of Topliss-reactive ketones (excluding diaryl/α,β-unsaturated/α-hetero) is 1. The van der Waals surface area contributed by atoms with Gasteiger partial charge in [-0.3, -0.25) is 28.8 Å². The van der Waals surface area contributed by atoms with Crippen LogP contribution in [0.15, 0.2) is 0 Å². The molecule has 1 saturated heterocycles. The second-order valence-corrected chi connectivity index (χ2v) is 13.6. The van der Waals surface area contributed by atoms with Gasteiger partial charge in [-0.05, 0) is 76.0 Å². The lowest BCUT2D eigenvalue weighted by atomic mass is 9.43. The molecular weight excluding hydrogens is 514 g/mol. The fourth-order valence-corrected chi connectivity index (χ4v) is 6.14. The first-order valence-corrected chi connectivity index (χ1v) is 14.7. The minimum absolute atomic E-state index is 0.00871. The van der Waals surface area contributed by atoms with E-state index in [0.717, 1.165) is 38.5 Å². The van der Waals surface area contributed by atoms with E-state index in [1.165, 1.54) is 4.90 Å². The van der Waals surface area contributed by atoms with E-state index in [-0.39, 0.29) is 29.7 Å². The molecule has 5 rings (SSSR count). The second-order valence-electron chi connectivity index (χ2n) is 13.6. The van der Waals surface area contributed by atoms with Crippen LogP contribution in [0, 0.1) is 22.7 Å². The number of likely N-dealkylation sites (N-methyl/N-ethyl adjacent to an activating group) is 1. The summed E-state index contributed by atoms with van der Waals surface area (Å²) in [4.78, 5) is 79.6. The molecule has 11 heteroatoms. The van der Waals surface area contributed by atoms with Crippen molar-refractivity contribution < 1.29 is 28.8 Å². The summed E-state index contributed by atoms with van der Waals surface area (Å²) < 4.78 is 0. The quantitative estimate of drug-likeness (QED) is 0.260. The van der Waals surface area contributed by atoms with Crippen molar-refractivity contribution in [2.24, 2.45) is 22.7 Å². The third-order valence-corrected chi connectivity index (χ3v) is 9.00. The van der Waals surface area contributed by atoms with Crippen molar-refractivity contribution in [3.05, 3.63) is 0 Å². The number of rotatable bonds is 12. The maximum Gasteiger partial charge on any atom is 0.289 e. The van der Waals surface area contributed by atoms with Crippen molar-refractivity contribution in [1.82, 2.24) is 26.2 Å².